The first-order valence-corrected chi connectivity index (χ1v) is 7.03. The second-order valence-electron chi connectivity index (χ2n) is 5.16. The van der Waals surface area contributed by atoms with E-state index in [9.17, 15) is 0 Å². The Balaban J connectivity index is 2.06. The van der Waals surface area contributed by atoms with Crippen molar-refractivity contribution >= 4 is 0 Å². The zero-order valence-electron chi connectivity index (χ0n) is 12.6. The molecule has 0 aliphatic heterocycles. The highest BCUT2D eigenvalue weighted by Crippen LogP contribution is 2.26. The third-order valence-corrected chi connectivity index (χ3v) is 3.16. The maximum absolute atomic E-state index is 5.65. The molecule has 0 aliphatic carbocycles. The highest BCUT2D eigenvalue weighted by molar-refractivity contribution is 5.37. The first-order chi connectivity index (χ1) is 9.60. The van der Waals surface area contributed by atoms with Gasteiger partial charge in [0.05, 0.1) is 5.69 Å². The van der Waals surface area contributed by atoms with Gasteiger partial charge in [0.15, 0.2) is 0 Å². The van der Waals surface area contributed by atoms with Gasteiger partial charge in [0.2, 0.25) is 0 Å². The summed E-state index contributed by atoms with van der Waals surface area (Å²) in [5.74, 6) is 1.27. The van der Waals surface area contributed by atoms with Gasteiger partial charge in [-0.2, -0.15) is 4.98 Å². The molecule has 1 aromatic heterocycles. The van der Waals surface area contributed by atoms with Crippen molar-refractivity contribution in [2.24, 2.45) is 0 Å². The lowest BCUT2D eigenvalue weighted by Crippen LogP contribution is -2.11. The van der Waals surface area contributed by atoms with Crippen LogP contribution < -0.4 is 10.1 Å². The van der Waals surface area contributed by atoms with Crippen molar-refractivity contribution in [3.05, 3.63) is 41.3 Å². The smallest absolute Gasteiger partial charge is 0.399 e. The molecule has 4 nitrogen and oxygen atoms in total. The highest BCUT2D eigenvalue weighted by Gasteiger charge is 2.08. The van der Waals surface area contributed by atoms with Crippen LogP contribution in [0, 0.1) is 6.92 Å². The average molecular weight is 274 g/mol. The maximum Gasteiger partial charge on any atom is 0.399 e. The normalized spacial score (nSPS) is 11.1. The second kappa shape index (κ2) is 6.57. The molecule has 2 aromatic rings. The molecule has 0 aliphatic rings. The molecule has 108 valence electrons. The molecular weight excluding hydrogens is 252 g/mol. The van der Waals surface area contributed by atoms with E-state index in [1.54, 1.807) is 6.26 Å². The average Bonchev–Trinajstić information content (AvgIpc) is 2.83. The van der Waals surface area contributed by atoms with E-state index in [0.717, 1.165) is 18.0 Å². The van der Waals surface area contributed by atoms with Crippen LogP contribution in [0.5, 0.6) is 11.8 Å². The summed E-state index contributed by atoms with van der Waals surface area (Å²) in [5, 5.41) is 3.19. The Morgan fingerprint density at radius 2 is 2.15 bits per heavy atom. The van der Waals surface area contributed by atoms with E-state index in [0.29, 0.717) is 12.5 Å². The molecule has 20 heavy (non-hydrogen) atoms. The van der Waals surface area contributed by atoms with Gasteiger partial charge in [0.1, 0.15) is 12.0 Å². The Morgan fingerprint density at radius 3 is 2.80 bits per heavy atom. The lowest BCUT2D eigenvalue weighted by atomic mass is 9.98. The molecule has 4 heteroatoms. The van der Waals surface area contributed by atoms with E-state index < -0.39 is 0 Å². The van der Waals surface area contributed by atoms with E-state index in [1.165, 1.54) is 11.1 Å². The van der Waals surface area contributed by atoms with Gasteiger partial charge in [-0.05, 0) is 42.6 Å². The maximum atomic E-state index is 5.65. The van der Waals surface area contributed by atoms with Crippen LogP contribution >= 0.6 is 0 Å². The number of aryl methyl sites for hydroxylation is 1. The molecule has 1 heterocycles. The van der Waals surface area contributed by atoms with E-state index in [2.05, 4.69) is 44.1 Å². The lowest BCUT2D eigenvalue weighted by molar-refractivity contribution is 0.330. The molecule has 0 unspecified atom stereocenters. The van der Waals surface area contributed by atoms with Crippen LogP contribution in [0.4, 0.5) is 0 Å². The first kappa shape index (κ1) is 14.6. The van der Waals surface area contributed by atoms with E-state index in [-0.39, 0.29) is 6.08 Å². The largest absolute Gasteiger partial charge is 0.417 e. The standard InChI is InChI=1S/C16H22N2O2/c1-5-17-9-13-10-19-16(18-13)20-14-6-7-15(11(2)3)12(4)8-14/h6-8,10-11,17H,5,9H2,1-4H3. The van der Waals surface area contributed by atoms with Crippen molar-refractivity contribution in [2.45, 2.75) is 40.2 Å². The SMILES string of the molecule is CCNCc1coc(Oc2ccc(C(C)C)c(C)c2)n1. The fourth-order valence-corrected chi connectivity index (χ4v) is 2.13. The molecule has 0 fully saturated rings. The van der Waals surface area contributed by atoms with Gasteiger partial charge >= 0.3 is 6.08 Å². The highest BCUT2D eigenvalue weighted by atomic mass is 16.6. The van der Waals surface area contributed by atoms with Crippen LogP contribution in [-0.4, -0.2) is 11.5 Å². The summed E-state index contributed by atoms with van der Waals surface area (Å²) >= 11 is 0. The fraction of sp³-hybridized carbons (Fsp3) is 0.438. The number of nitrogens with one attached hydrogen (secondary N) is 1. The zero-order chi connectivity index (χ0) is 14.5. The number of hydrogen-bond acceptors (Lipinski definition) is 4. The van der Waals surface area contributed by atoms with Gasteiger partial charge in [0.25, 0.3) is 0 Å². The topological polar surface area (TPSA) is 47.3 Å². The van der Waals surface area contributed by atoms with E-state index >= 15 is 0 Å². The molecule has 0 saturated carbocycles. The van der Waals surface area contributed by atoms with Crippen LogP contribution in [0.15, 0.2) is 28.9 Å². The Hall–Kier alpha value is -1.81. The van der Waals surface area contributed by atoms with Gasteiger partial charge in [-0.3, -0.25) is 0 Å². The summed E-state index contributed by atoms with van der Waals surface area (Å²) < 4.78 is 11.0. The van der Waals surface area contributed by atoms with Crippen LogP contribution in [0.3, 0.4) is 0 Å². The van der Waals surface area contributed by atoms with E-state index in [4.69, 9.17) is 9.15 Å². The van der Waals surface area contributed by atoms with Gasteiger partial charge in [-0.25, -0.2) is 0 Å². The summed E-state index contributed by atoms with van der Waals surface area (Å²) in [6.07, 6.45) is 1.91. The summed E-state index contributed by atoms with van der Waals surface area (Å²) in [4.78, 5) is 4.28. The third kappa shape index (κ3) is 3.61. The predicted octanol–water partition coefficient (Wildman–Crippen LogP) is 4.01. The molecule has 1 aromatic carbocycles. The Morgan fingerprint density at radius 1 is 1.35 bits per heavy atom. The summed E-state index contributed by atoms with van der Waals surface area (Å²) in [7, 11) is 0. The van der Waals surface area contributed by atoms with Crippen molar-refractivity contribution in [1.82, 2.24) is 10.3 Å². The van der Waals surface area contributed by atoms with Gasteiger partial charge in [0, 0.05) is 6.54 Å². The molecule has 2 rings (SSSR count). The first-order valence-electron chi connectivity index (χ1n) is 7.03. The minimum Gasteiger partial charge on any atom is -0.417 e. The van der Waals surface area contributed by atoms with Gasteiger partial charge < -0.3 is 14.5 Å². The van der Waals surface area contributed by atoms with Crippen molar-refractivity contribution in [2.75, 3.05) is 6.54 Å². The number of aromatic nitrogens is 1. The lowest BCUT2D eigenvalue weighted by Gasteiger charge is -2.10. The molecule has 0 radical (unpaired) electrons. The molecule has 0 amide bonds. The summed E-state index contributed by atoms with van der Waals surface area (Å²) in [6.45, 7) is 10.1. The minimum absolute atomic E-state index is 0.287. The van der Waals surface area contributed by atoms with Crippen molar-refractivity contribution in [3.63, 3.8) is 0 Å². The minimum atomic E-state index is 0.287. The summed E-state index contributed by atoms with van der Waals surface area (Å²) in [6, 6.07) is 6.07. The Labute approximate surface area is 120 Å². The summed E-state index contributed by atoms with van der Waals surface area (Å²) in [5.41, 5.74) is 3.40. The molecule has 0 bridgehead atoms. The number of nitrogens with zero attached hydrogens (tertiary/aromatic N) is 1. The Bertz CT molecular complexity index is 561. The van der Waals surface area contributed by atoms with Crippen LogP contribution in [-0.2, 0) is 6.54 Å². The zero-order valence-corrected chi connectivity index (χ0v) is 12.6. The second-order valence-corrected chi connectivity index (χ2v) is 5.16. The number of benzene rings is 1. The molecule has 0 spiro atoms. The monoisotopic (exact) mass is 274 g/mol. The fourth-order valence-electron chi connectivity index (χ4n) is 2.13. The number of oxazole rings is 1. The van der Waals surface area contributed by atoms with Crippen molar-refractivity contribution in [1.29, 1.82) is 0 Å². The molecular formula is C16H22N2O2. The third-order valence-electron chi connectivity index (χ3n) is 3.16. The Kier molecular flexibility index (Phi) is 4.79. The number of ether oxygens (including phenoxy) is 1. The van der Waals surface area contributed by atoms with Crippen molar-refractivity contribution in [3.8, 4) is 11.8 Å². The van der Waals surface area contributed by atoms with Crippen molar-refractivity contribution < 1.29 is 9.15 Å². The number of rotatable bonds is 6. The van der Waals surface area contributed by atoms with Crippen LogP contribution in [0.25, 0.3) is 0 Å². The number of hydrogen-bond donors (Lipinski definition) is 1. The van der Waals surface area contributed by atoms with Gasteiger partial charge in [-0.15, -0.1) is 0 Å². The molecule has 0 saturated heterocycles. The molecule has 1 N–H and O–H groups in total. The quantitative estimate of drug-likeness (QED) is 0.864. The van der Waals surface area contributed by atoms with Crippen LogP contribution in [0.1, 0.15) is 43.5 Å². The van der Waals surface area contributed by atoms with E-state index in [1.807, 2.05) is 12.1 Å². The van der Waals surface area contributed by atoms with Crippen LogP contribution in [0.2, 0.25) is 0 Å². The predicted molar refractivity (Wildman–Crippen MR) is 79.2 cm³/mol. The molecule has 0 atom stereocenters. The van der Waals surface area contributed by atoms with Gasteiger partial charge in [-0.1, -0.05) is 26.8 Å².